The lowest BCUT2D eigenvalue weighted by Crippen LogP contribution is -2.33. The number of unbranched alkanes of at least 4 members (excludes halogenated alkanes) is 1. The molecule has 1 aliphatic heterocycles. The first kappa shape index (κ1) is 17.7. The summed E-state index contributed by atoms with van der Waals surface area (Å²) in [6.07, 6.45) is 4.67. The van der Waals surface area contributed by atoms with Crippen LogP contribution in [0.1, 0.15) is 39.0 Å². The van der Waals surface area contributed by atoms with E-state index >= 15 is 0 Å². The molecule has 0 aliphatic carbocycles. The van der Waals surface area contributed by atoms with Gasteiger partial charge in [-0.25, -0.2) is 0 Å². The highest BCUT2D eigenvalue weighted by atomic mass is 32.1. The second kappa shape index (κ2) is 9.47. The topological polar surface area (TPSA) is 59.6 Å². The number of thiocarbonyl (C=S) groups is 1. The minimum absolute atomic E-state index is 0.0601. The summed E-state index contributed by atoms with van der Waals surface area (Å²) in [5.41, 5.74) is 0.788. The second-order valence-corrected chi connectivity index (χ2v) is 5.99. The molecular weight excluding hydrogens is 312 g/mol. The van der Waals surface area contributed by atoms with Crippen molar-refractivity contribution in [3.63, 3.8) is 0 Å². The summed E-state index contributed by atoms with van der Waals surface area (Å²) in [4.78, 5) is 11.6. The van der Waals surface area contributed by atoms with Crippen molar-refractivity contribution >= 4 is 28.9 Å². The number of carbonyl (C=O) groups excluding carboxylic acids is 1. The molecule has 1 amide bonds. The zero-order valence-electron chi connectivity index (χ0n) is 13.5. The maximum absolute atomic E-state index is 11.6. The molecule has 1 unspecified atom stereocenters. The predicted molar refractivity (Wildman–Crippen MR) is 94.8 cm³/mol. The first-order valence-corrected chi connectivity index (χ1v) is 8.53. The van der Waals surface area contributed by atoms with E-state index in [4.69, 9.17) is 21.7 Å². The third-order valence-corrected chi connectivity index (χ3v) is 3.77. The number of hydrogen-bond donors (Lipinski definition) is 2. The van der Waals surface area contributed by atoms with Crippen LogP contribution in [-0.2, 0) is 9.53 Å². The van der Waals surface area contributed by atoms with Gasteiger partial charge in [0.2, 0.25) is 5.91 Å². The van der Waals surface area contributed by atoms with Crippen LogP contribution in [0, 0.1) is 0 Å². The predicted octanol–water partition coefficient (Wildman–Crippen LogP) is 3.25. The van der Waals surface area contributed by atoms with Crippen LogP contribution in [0.15, 0.2) is 24.3 Å². The summed E-state index contributed by atoms with van der Waals surface area (Å²) in [6, 6.07) is 7.51. The Morgan fingerprint density at radius 2 is 2.35 bits per heavy atom. The third kappa shape index (κ3) is 6.54. The Bertz CT molecular complexity index is 530. The van der Waals surface area contributed by atoms with Crippen molar-refractivity contribution in [2.24, 2.45) is 0 Å². The van der Waals surface area contributed by atoms with Crippen LogP contribution in [0.3, 0.4) is 0 Å². The molecule has 1 fully saturated rings. The summed E-state index contributed by atoms with van der Waals surface area (Å²) in [7, 11) is 0. The van der Waals surface area contributed by atoms with Crippen molar-refractivity contribution in [3.8, 4) is 5.75 Å². The van der Waals surface area contributed by atoms with E-state index in [1.54, 1.807) is 0 Å². The molecular formula is C17H24N2O3S. The van der Waals surface area contributed by atoms with Gasteiger partial charge in [0, 0.05) is 24.8 Å². The van der Waals surface area contributed by atoms with Gasteiger partial charge >= 0.3 is 0 Å². The van der Waals surface area contributed by atoms with Gasteiger partial charge < -0.3 is 20.1 Å². The van der Waals surface area contributed by atoms with Gasteiger partial charge in [-0.3, -0.25) is 4.79 Å². The minimum atomic E-state index is -0.0601. The summed E-state index contributed by atoms with van der Waals surface area (Å²) >= 11 is 5.15. The van der Waals surface area contributed by atoms with Gasteiger partial charge in [0.15, 0.2) is 5.11 Å². The van der Waals surface area contributed by atoms with Crippen LogP contribution in [0.4, 0.5) is 5.69 Å². The van der Waals surface area contributed by atoms with Crippen molar-refractivity contribution in [2.45, 2.75) is 45.1 Å². The highest BCUT2D eigenvalue weighted by Gasteiger charge is 2.16. The highest BCUT2D eigenvalue weighted by molar-refractivity contribution is 7.80. The lowest BCUT2D eigenvalue weighted by molar-refractivity contribution is -0.119. The molecule has 1 atom stereocenters. The molecule has 0 spiro atoms. The lowest BCUT2D eigenvalue weighted by Gasteiger charge is -2.13. The number of rotatable bonds is 7. The fourth-order valence-electron chi connectivity index (χ4n) is 2.32. The average Bonchev–Trinajstić information content (AvgIpc) is 3.04. The van der Waals surface area contributed by atoms with Crippen LogP contribution in [0.2, 0.25) is 0 Å². The highest BCUT2D eigenvalue weighted by Crippen LogP contribution is 2.19. The minimum Gasteiger partial charge on any atom is -0.491 e. The number of hydrogen-bond acceptors (Lipinski definition) is 4. The number of nitrogens with one attached hydrogen (secondary N) is 2. The number of ether oxygens (including phenoxy) is 2. The van der Waals surface area contributed by atoms with E-state index in [-0.39, 0.29) is 12.0 Å². The largest absolute Gasteiger partial charge is 0.491 e. The zero-order chi connectivity index (χ0) is 16.5. The Kier molecular flexibility index (Phi) is 7.29. The molecule has 23 heavy (non-hydrogen) atoms. The molecule has 0 radical (unpaired) electrons. The number of benzene rings is 1. The van der Waals surface area contributed by atoms with Crippen LogP contribution < -0.4 is 15.4 Å². The van der Waals surface area contributed by atoms with E-state index < -0.39 is 0 Å². The fraction of sp³-hybridized carbons (Fsp3) is 0.529. The van der Waals surface area contributed by atoms with Crippen molar-refractivity contribution < 1.29 is 14.3 Å². The fourth-order valence-corrected chi connectivity index (χ4v) is 2.55. The van der Waals surface area contributed by atoms with Gasteiger partial charge in [0.25, 0.3) is 0 Å². The smallest absolute Gasteiger partial charge is 0.226 e. The quantitative estimate of drug-likeness (QED) is 0.749. The average molecular weight is 336 g/mol. The van der Waals surface area contributed by atoms with Crippen LogP contribution >= 0.6 is 12.2 Å². The van der Waals surface area contributed by atoms with E-state index in [0.717, 1.165) is 43.7 Å². The van der Waals surface area contributed by atoms with Gasteiger partial charge in [-0.1, -0.05) is 19.4 Å². The first-order valence-electron chi connectivity index (χ1n) is 8.12. The maximum Gasteiger partial charge on any atom is 0.226 e. The number of anilines is 1. The first-order chi connectivity index (χ1) is 11.2. The number of amides is 1. The van der Waals surface area contributed by atoms with Gasteiger partial charge in [-0.05, 0) is 43.6 Å². The Morgan fingerprint density at radius 1 is 1.48 bits per heavy atom. The monoisotopic (exact) mass is 336 g/mol. The molecule has 126 valence electrons. The standard InChI is InChI=1S/C17H24N2O3S/c1-2-3-9-16(20)19-17(23)18-13-6-4-7-14(11-13)22-12-15-8-5-10-21-15/h4,6-7,11,15H,2-3,5,8-10,12H2,1H3,(H2,18,19,20,23). The van der Waals surface area contributed by atoms with E-state index in [0.29, 0.717) is 18.1 Å². The van der Waals surface area contributed by atoms with E-state index in [9.17, 15) is 4.79 Å². The molecule has 1 aromatic rings. The molecule has 1 aliphatic rings. The maximum atomic E-state index is 11.6. The zero-order valence-corrected chi connectivity index (χ0v) is 14.3. The van der Waals surface area contributed by atoms with E-state index in [1.807, 2.05) is 31.2 Å². The van der Waals surface area contributed by atoms with Crippen molar-refractivity contribution in [2.75, 3.05) is 18.5 Å². The molecule has 1 heterocycles. The molecule has 0 bridgehead atoms. The Balaban J connectivity index is 1.79. The molecule has 6 heteroatoms. The normalized spacial score (nSPS) is 16.8. The SMILES string of the molecule is CCCCC(=O)NC(=S)Nc1cccc(OCC2CCCO2)c1. The van der Waals surface area contributed by atoms with Crippen molar-refractivity contribution in [1.29, 1.82) is 0 Å². The van der Waals surface area contributed by atoms with Crippen LogP contribution in [0.5, 0.6) is 5.75 Å². The second-order valence-electron chi connectivity index (χ2n) is 5.58. The Labute approximate surface area is 142 Å². The molecule has 2 rings (SSSR count). The molecule has 5 nitrogen and oxygen atoms in total. The van der Waals surface area contributed by atoms with Crippen molar-refractivity contribution in [1.82, 2.24) is 5.32 Å². The summed E-state index contributed by atoms with van der Waals surface area (Å²) in [6.45, 7) is 3.43. The van der Waals surface area contributed by atoms with Gasteiger partial charge in [-0.2, -0.15) is 0 Å². The van der Waals surface area contributed by atoms with Crippen LogP contribution in [-0.4, -0.2) is 30.3 Å². The van der Waals surface area contributed by atoms with Gasteiger partial charge in [-0.15, -0.1) is 0 Å². The summed E-state index contributed by atoms with van der Waals surface area (Å²) in [5.74, 6) is 0.695. The van der Waals surface area contributed by atoms with E-state index in [2.05, 4.69) is 10.6 Å². The molecule has 0 aromatic heterocycles. The molecule has 0 saturated carbocycles. The van der Waals surface area contributed by atoms with E-state index in [1.165, 1.54) is 0 Å². The molecule has 2 N–H and O–H groups in total. The Morgan fingerprint density at radius 3 is 3.09 bits per heavy atom. The van der Waals surface area contributed by atoms with Crippen LogP contribution in [0.25, 0.3) is 0 Å². The third-order valence-electron chi connectivity index (χ3n) is 3.56. The molecule has 1 saturated heterocycles. The van der Waals surface area contributed by atoms with Gasteiger partial charge in [0.05, 0.1) is 6.10 Å². The van der Waals surface area contributed by atoms with Gasteiger partial charge in [0.1, 0.15) is 12.4 Å². The summed E-state index contributed by atoms with van der Waals surface area (Å²) < 4.78 is 11.3. The lowest BCUT2D eigenvalue weighted by atomic mass is 10.2. The molecule has 1 aromatic carbocycles. The summed E-state index contributed by atoms with van der Waals surface area (Å²) in [5, 5.41) is 5.99. The number of carbonyl (C=O) groups is 1. The Hall–Kier alpha value is -1.66. The van der Waals surface area contributed by atoms with Crippen molar-refractivity contribution in [3.05, 3.63) is 24.3 Å².